The first-order valence-corrected chi connectivity index (χ1v) is 10.9. The molecule has 3 rings (SSSR count). The van der Waals surface area contributed by atoms with E-state index in [4.69, 9.17) is 5.73 Å². The average molecular weight is 478 g/mol. The summed E-state index contributed by atoms with van der Waals surface area (Å²) >= 11 is 0. The third kappa shape index (κ3) is 4.46. The first-order valence-electron chi connectivity index (χ1n) is 10.9. The van der Waals surface area contributed by atoms with Crippen molar-refractivity contribution in [1.29, 1.82) is 0 Å². The van der Waals surface area contributed by atoms with E-state index in [0.29, 0.717) is 41.4 Å². The Morgan fingerprint density at radius 2 is 1.55 bits per heavy atom. The number of allylic oxidation sites excluding steroid dienone is 1. The molecule has 1 aromatic carbocycles. The number of hydrogen-bond acceptors (Lipinski definition) is 3. The number of primary amides is 1. The van der Waals surface area contributed by atoms with Crippen LogP contribution in [0.25, 0.3) is 0 Å². The van der Waals surface area contributed by atoms with Crippen LogP contribution in [-0.2, 0) is 10.4 Å². The van der Waals surface area contributed by atoms with Crippen LogP contribution >= 0.6 is 0 Å². The summed E-state index contributed by atoms with van der Waals surface area (Å²) in [5.41, 5.74) is 0.828. The van der Waals surface area contributed by atoms with Gasteiger partial charge in [0.2, 0.25) is 5.91 Å². The molecule has 0 spiro atoms. The Balaban J connectivity index is 1.98. The van der Waals surface area contributed by atoms with Gasteiger partial charge in [0.1, 0.15) is 0 Å². The molecule has 1 aliphatic heterocycles. The lowest BCUT2D eigenvalue weighted by molar-refractivity contribution is -0.376. The molecule has 0 bridgehead atoms. The molecule has 3 N–H and O–H groups in total. The Labute approximate surface area is 188 Å². The van der Waals surface area contributed by atoms with Gasteiger partial charge in [-0.1, -0.05) is 50.5 Å². The molecule has 0 saturated heterocycles. The third-order valence-electron chi connectivity index (χ3n) is 7.02. The van der Waals surface area contributed by atoms with Gasteiger partial charge in [-0.15, -0.1) is 0 Å². The van der Waals surface area contributed by atoms with E-state index >= 15 is 0 Å². The van der Waals surface area contributed by atoms with Crippen LogP contribution in [0.3, 0.4) is 0 Å². The third-order valence-corrected chi connectivity index (χ3v) is 7.02. The molecule has 1 heterocycles. The van der Waals surface area contributed by atoms with E-state index in [0.717, 1.165) is 44.2 Å². The minimum Gasteiger partial charge on any atom is -0.369 e. The molecule has 1 aromatic rings. The molecule has 184 valence electrons. The number of halogens is 6. The SMILES string of the molecule is CC1=C(C(N)=O)C(C)C(c2ccc(C(O)(C(F)(F)F)C(F)(F)F)cc2)N1CC1CCCCC1. The minimum absolute atomic E-state index is 0.371. The number of aliphatic hydroxyl groups is 1. The summed E-state index contributed by atoms with van der Waals surface area (Å²) in [5.74, 6) is -0.632. The Morgan fingerprint density at radius 1 is 1.03 bits per heavy atom. The zero-order valence-corrected chi connectivity index (χ0v) is 18.4. The smallest absolute Gasteiger partial charge is 0.369 e. The predicted octanol–water partition coefficient (Wildman–Crippen LogP) is 5.33. The molecule has 1 amide bonds. The van der Waals surface area contributed by atoms with Crippen molar-refractivity contribution in [1.82, 2.24) is 4.90 Å². The van der Waals surface area contributed by atoms with Crippen molar-refractivity contribution in [2.75, 3.05) is 6.54 Å². The van der Waals surface area contributed by atoms with Gasteiger partial charge in [0.25, 0.3) is 5.60 Å². The van der Waals surface area contributed by atoms with E-state index in [1.54, 1.807) is 13.8 Å². The van der Waals surface area contributed by atoms with Crippen LogP contribution in [0.5, 0.6) is 0 Å². The van der Waals surface area contributed by atoms with Crippen LogP contribution < -0.4 is 5.73 Å². The van der Waals surface area contributed by atoms with Crippen molar-refractivity contribution >= 4 is 5.91 Å². The first kappa shape index (κ1) is 25.4. The number of amides is 1. The monoisotopic (exact) mass is 478 g/mol. The molecular weight excluding hydrogens is 450 g/mol. The Hall–Kier alpha value is -2.23. The highest BCUT2D eigenvalue weighted by Crippen LogP contribution is 2.51. The molecular formula is C23H28F6N2O2. The number of alkyl halides is 6. The molecule has 1 fully saturated rings. The van der Waals surface area contributed by atoms with Gasteiger partial charge in [-0.25, -0.2) is 0 Å². The molecule has 33 heavy (non-hydrogen) atoms. The van der Waals surface area contributed by atoms with Gasteiger partial charge in [-0.3, -0.25) is 4.79 Å². The number of hydrogen-bond donors (Lipinski definition) is 2. The molecule has 0 radical (unpaired) electrons. The van der Waals surface area contributed by atoms with E-state index in [2.05, 4.69) is 0 Å². The highest BCUT2D eigenvalue weighted by molar-refractivity contribution is 5.93. The van der Waals surface area contributed by atoms with Crippen LogP contribution in [0.4, 0.5) is 26.3 Å². The fourth-order valence-corrected chi connectivity index (χ4v) is 5.30. The second-order valence-corrected chi connectivity index (χ2v) is 9.08. The van der Waals surface area contributed by atoms with Gasteiger partial charge in [-0.2, -0.15) is 26.3 Å². The normalized spacial score (nSPS) is 23.4. The fraction of sp³-hybridized carbons (Fsp3) is 0.609. The number of benzene rings is 1. The van der Waals surface area contributed by atoms with Crippen molar-refractivity contribution in [3.05, 3.63) is 46.7 Å². The molecule has 1 saturated carbocycles. The largest absolute Gasteiger partial charge is 0.430 e. The van der Waals surface area contributed by atoms with Crippen LogP contribution in [-0.4, -0.2) is 34.8 Å². The second kappa shape index (κ2) is 8.85. The van der Waals surface area contributed by atoms with Crippen LogP contribution in [0.1, 0.15) is 63.1 Å². The summed E-state index contributed by atoms with van der Waals surface area (Å²) in [4.78, 5) is 14.1. The lowest BCUT2D eigenvalue weighted by atomic mass is 9.86. The highest BCUT2D eigenvalue weighted by Gasteiger charge is 2.71. The summed E-state index contributed by atoms with van der Waals surface area (Å²) < 4.78 is 79.4. The van der Waals surface area contributed by atoms with E-state index in [1.807, 2.05) is 4.90 Å². The second-order valence-electron chi connectivity index (χ2n) is 9.08. The summed E-state index contributed by atoms with van der Waals surface area (Å²) in [7, 11) is 0. The lowest BCUT2D eigenvalue weighted by Crippen LogP contribution is -2.53. The van der Waals surface area contributed by atoms with Crippen LogP contribution in [0, 0.1) is 11.8 Å². The van der Waals surface area contributed by atoms with Gasteiger partial charge in [0, 0.05) is 29.3 Å². The summed E-state index contributed by atoms with van der Waals surface area (Å²) in [5, 5.41) is 9.66. The van der Waals surface area contributed by atoms with Crippen molar-refractivity contribution in [2.24, 2.45) is 17.6 Å². The number of nitrogens with two attached hydrogens (primary N) is 1. The van der Waals surface area contributed by atoms with Crippen LogP contribution in [0.15, 0.2) is 35.5 Å². The zero-order chi connectivity index (χ0) is 24.8. The van der Waals surface area contributed by atoms with E-state index in [1.165, 1.54) is 0 Å². The minimum atomic E-state index is -5.95. The molecule has 2 unspecified atom stereocenters. The van der Waals surface area contributed by atoms with Crippen LogP contribution in [0.2, 0.25) is 0 Å². The van der Waals surface area contributed by atoms with Crippen molar-refractivity contribution in [3.63, 3.8) is 0 Å². The lowest BCUT2D eigenvalue weighted by Gasteiger charge is -2.36. The van der Waals surface area contributed by atoms with E-state index < -0.39 is 41.4 Å². The molecule has 1 aliphatic carbocycles. The maximum absolute atomic E-state index is 13.2. The summed E-state index contributed by atoms with van der Waals surface area (Å²) in [6.07, 6.45) is -6.53. The van der Waals surface area contributed by atoms with Gasteiger partial charge in [0.05, 0.1) is 6.04 Å². The first-order chi connectivity index (χ1) is 15.2. The number of nitrogens with zero attached hydrogens (tertiary/aromatic N) is 1. The Kier molecular flexibility index (Phi) is 6.81. The highest BCUT2D eigenvalue weighted by atomic mass is 19.4. The molecule has 0 aromatic heterocycles. The number of rotatable bonds is 5. The Bertz CT molecular complexity index is 887. The number of carbonyl (C=O) groups excluding carboxylic acids is 1. The maximum atomic E-state index is 13.2. The molecule has 10 heteroatoms. The maximum Gasteiger partial charge on any atom is 0.430 e. The van der Waals surface area contributed by atoms with Gasteiger partial charge in [-0.05, 0) is 31.2 Å². The van der Waals surface area contributed by atoms with Gasteiger partial charge < -0.3 is 15.7 Å². The van der Waals surface area contributed by atoms with Gasteiger partial charge in [0.15, 0.2) is 0 Å². The van der Waals surface area contributed by atoms with Crippen molar-refractivity contribution < 1.29 is 36.2 Å². The summed E-state index contributed by atoms with van der Waals surface area (Å²) in [6, 6.07) is 3.15. The van der Waals surface area contributed by atoms with Crippen molar-refractivity contribution in [3.8, 4) is 0 Å². The fourth-order valence-electron chi connectivity index (χ4n) is 5.30. The average Bonchev–Trinajstić information content (AvgIpc) is 2.96. The Morgan fingerprint density at radius 3 is 2.00 bits per heavy atom. The zero-order valence-electron chi connectivity index (χ0n) is 18.4. The predicted molar refractivity (Wildman–Crippen MR) is 110 cm³/mol. The quantitative estimate of drug-likeness (QED) is 0.562. The molecule has 2 aliphatic rings. The van der Waals surface area contributed by atoms with E-state index in [-0.39, 0.29) is 0 Å². The standard InChI is InChI=1S/C23H28F6N2O2/c1-13-18(20(30)32)14(2)31(12-15-6-4-3-5-7-15)19(13)16-8-10-17(11-9-16)21(33,22(24,25)26)23(27,28)29/h8-11,13,15,19,33H,3-7,12H2,1-2H3,(H2,30,32). The van der Waals surface area contributed by atoms with E-state index in [9.17, 15) is 36.2 Å². The molecule has 4 nitrogen and oxygen atoms in total. The van der Waals surface area contributed by atoms with Gasteiger partial charge >= 0.3 is 12.4 Å². The summed E-state index contributed by atoms with van der Waals surface area (Å²) in [6.45, 7) is 4.15. The number of carbonyl (C=O) groups is 1. The molecule has 2 atom stereocenters. The topological polar surface area (TPSA) is 66.6 Å². The van der Waals surface area contributed by atoms with Crippen molar-refractivity contribution in [2.45, 2.75) is 69.9 Å².